The predicted octanol–water partition coefficient (Wildman–Crippen LogP) is 4.50. The van der Waals surface area contributed by atoms with Gasteiger partial charge >= 0.3 is 7.69 Å². The number of ether oxygens (including phenoxy) is 2. The number of benzene rings is 2. The molecule has 0 aliphatic heterocycles. The summed E-state index contributed by atoms with van der Waals surface area (Å²) in [6.07, 6.45) is 0. The summed E-state index contributed by atoms with van der Waals surface area (Å²) in [6.45, 7) is 0. The van der Waals surface area contributed by atoms with Gasteiger partial charge in [-0.2, -0.15) is 8.78 Å². The summed E-state index contributed by atoms with van der Waals surface area (Å²) in [7, 11) is 3.48. The first-order chi connectivity index (χ1) is 11.0. The zero-order valence-corrected chi connectivity index (χ0v) is 15.2. The molecular formula is C14H10BBr2F2O4. The third kappa shape index (κ3) is 3.90. The molecule has 23 heavy (non-hydrogen) atoms. The summed E-state index contributed by atoms with van der Waals surface area (Å²) >= 11 is 6.30. The molecule has 1 radical (unpaired) electrons. The number of hydrogen-bond donors (Lipinski definition) is 0. The van der Waals surface area contributed by atoms with Gasteiger partial charge in [0.05, 0.1) is 23.2 Å². The maximum absolute atomic E-state index is 14.1. The Bertz CT molecular complexity index is 656. The van der Waals surface area contributed by atoms with Gasteiger partial charge in [0.15, 0.2) is 11.5 Å². The van der Waals surface area contributed by atoms with Crippen LogP contribution in [0.15, 0.2) is 33.2 Å². The van der Waals surface area contributed by atoms with Crippen LogP contribution in [0, 0.1) is 11.6 Å². The minimum absolute atomic E-state index is 0.00704. The van der Waals surface area contributed by atoms with Crippen LogP contribution in [0.1, 0.15) is 0 Å². The number of methoxy groups -OCH3 is 2. The molecule has 2 aromatic carbocycles. The van der Waals surface area contributed by atoms with Crippen molar-refractivity contribution in [3.63, 3.8) is 0 Å². The molecule has 0 atom stereocenters. The molecule has 0 aliphatic carbocycles. The molecule has 0 saturated heterocycles. The van der Waals surface area contributed by atoms with Crippen LogP contribution in [0.2, 0.25) is 0 Å². The zero-order valence-electron chi connectivity index (χ0n) is 12.0. The second kappa shape index (κ2) is 7.87. The van der Waals surface area contributed by atoms with Gasteiger partial charge in [-0.25, -0.2) is 0 Å². The third-order valence-corrected chi connectivity index (χ3v) is 4.03. The van der Waals surface area contributed by atoms with Crippen LogP contribution < -0.4 is 18.8 Å². The van der Waals surface area contributed by atoms with E-state index in [4.69, 9.17) is 18.8 Å². The minimum atomic E-state index is -0.712. The summed E-state index contributed by atoms with van der Waals surface area (Å²) in [5, 5.41) is 0. The van der Waals surface area contributed by atoms with Gasteiger partial charge in [-0.05, 0) is 56.1 Å². The Balaban J connectivity index is 2.09. The van der Waals surface area contributed by atoms with E-state index in [1.807, 2.05) is 0 Å². The summed E-state index contributed by atoms with van der Waals surface area (Å²) in [6, 6.07) is 5.85. The van der Waals surface area contributed by atoms with E-state index in [1.165, 1.54) is 26.4 Å². The van der Waals surface area contributed by atoms with E-state index in [0.29, 0.717) is 8.95 Å². The van der Waals surface area contributed by atoms with Gasteiger partial charge in [0.1, 0.15) is 11.5 Å². The smallest absolute Gasteiger partial charge is 0.524 e. The third-order valence-electron chi connectivity index (χ3n) is 2.79. The second-order valence-electron chi connectivity index (χ2n) is 4.12. The first-order valence-corrected chi connectivity index (χ1v) is 7.77. The Morgan fingerprint density at radius 2 is 1.17 bits per heavy atom. The molecule has 0 heterocycles. The molecule has 0 bridgehead atoms. The zero-order chi connectivity index (χ0) is 17.0. The molecule has 0 aliphatic rings. The maximum Gasteiger partial charge on any atom is 0.658 e. The molecule has 0 saturated carbocycles. The fraction of sp³-hybridized carbons (Fsp3) is 0.143. The highest BCUT2D eigenvalue weighted by Gasteiger charge is 2.17. The lowest BCUT2D eigenvalue weighted by Crippen LogP contribution is -2.13. The molecule has 2 aromatic rings. The van der Waals surface area contributed by atoms with Crippen LogP contribution in [0.4, 0.5) is 8.78 Å². The van der Waals surface area contributed by atoms with Crippen molar-refractivity contribution in [2.45, 2.75) is 0 Å². The van der Waals surface area contributed by atoms with E-state index in [9.17, 15) is 8.78 Å². The van der Waals surface area contributed by atoms with Crippen molar-refractivity contribution in [3.05, 3.63) is 44.8 Å². The van der Waals surface area contributed by atoms with E-state index in [0.717, 1.165) is 7.69 Å². The summed E-state index contributed by atoms with van der Waals surface area (Å²) in [5.41, 5.74) is 0. The van der Waals surface area contributed by atoms with Gasteiger partial charge in [0.2, 0.25) is 11.6 Å². The van der Waals surface area contributed by atoms with Crippen molar-refractivity contribution < 1.29 is 27.6 Å². The molecule has 4 nitrogen and oxygen atoms in total. The fourth-order valence-corrected chi connectivity index (χ4v) is 2.65. The number of hydrogen-bond acceptors (Lipinski definition) is 4. The average molecular weight is 451 g/mol. The van der Waals surface area contributed by atoms with E-state index >= 15 is 0 Å². The maximum atomic E-state index is 14.1. The van der Waals surface area contributed by atoms with Gasteiger partial charge in [0.25, 0.3) is 0 Å². The highest BCUT2D eigenvalue weighted by molar-refractivity contribution is 9.10. The van der Waals surface area contributed by atoms with Crippen molar-refractivity contribution in [1.29, 1.82) is 0 Å². The molecule has 9 heteroatoms. The molecular weight excluding hydrogens is 441 g/mol. The quantitative estimate of drug-likeness (QED) is 0.607. The van der Waals surface area contributed by atoms with Crippen LogP contribution >= 0.6 is 31.9 Å². The normalized spacial score (nSPS) is 10.2. The van der Waals surface area contributed by atoms with E-state index in [-0.39, 0.29) is 23.0 Å². The molecule has 0 aromatic heterocycles. The van der Waals surface area contributed by atoms with Gasteiger partial charge in [-0.15, -0.1) is 0 Å². The van der Waals surface area contributed by atoms with E-state index in [1.54, 1.807) is 12.1 Å². The molecule has 0 fully saturated rings. The Hall–Kier alpha value is -1.48. The standard InChI is InChI=1S/C14H10BBr2F2O4/c1-20-13-7(16)3-5-9(11(13)18)22-15-23-10-6-4-8(17)14(21-2)12(10)19/h3-6H,1-2H3. The molecule has 0 N–H and O–H groups in total. The Labute approximate surface area is 149 Å². The molecule has 0 spiro atoms. The Morgan fingerprint density at radius 3 is 1.52 bits per heavy atom. The fourth-order valence-electron chi connectivity index (χ4n) is 1.71. The summed E-state index contributed by atoms with van der Waals surface area (Å²) in [4.78, 5) is 0. The minimum Gasteiger partial charge on any atom is -0.524 e. The first kappa shape index (κ1) is 17.9. The average Bonchev–Trinajstić information content (AvgIpc) is 2.52. The predicted molar refractivity (Wildman–Crippen MR) is 88.3 cm³/mol. The topological polar surface area (TPSA) is 36.9 Å². The Morgan fingerprint density at radius 1 is 0.783 bits per heavy atom. The molecule has 0 amide bonds. The van der Waals surface area contributed by atoms with E-state index in [2.05, 4.69) is 31.9 Å². The van der Waals surface area contributed by atoms with Crippen molar-refractivity contribution in [1.82, 2.24) is 0 Å². The lowest BCUT2D eigenvalue weighted by Gasteiger charge is -2.12. The SMILES string of the molecule is COc1c(Br)ccc(O[B]Oc2ccc(Br)c(OC)c2F)c1F. The van der Waals surface area contributed by atoms with Crippen molar-refractivity contribution in [2.75, 3.05) is 14.2 Å². The molecule has 2 rings (SSSR count). The summed E-state index contributed by atoms with van der Waals surface area (Å²) in [5.74, 6) is -1.70. The Kier molecular flexibility index (Phi) is 6.12. The lowest BCUT2D eigenvalue weighted by atomic mass is 10.2. The first-order valence-electron chi connectivity index (χ1n) is 6.18. The second-order valence-corrected chi connectivity index (χ2v) is 5.83. The van der Waals surface area contributed by atoms with Crippen LogP contribution in [-0.4, -0.2) is 21.9 Å². The van der Waals surface area contributed by atoms with Gasteiger partial charge < -0.3 is 18.8 Å². The van der Waals surface area contributed by atoms with Gasteiger partial charge in [-0.1, -0.05) is 0 Å². The van der Waals surface area contributed by atoms with Crippen LogP contribution in [0.25, 0.3) is 0 Å². The van der Waals surface area contributed by atoms with Crippen molar-refractivity contribution in [2.24, 2.45) is 0 Å². The van der Waals surface area contributed by atoms with Gasteiger partial charge in [-0.3, -0.25) is 0 Å². The molecule has 0 unspecified atom stereocenters. The van der Waals surface area contributed by atoms with Crippen molar-refractivity contribution in [3.8, 4) is 23.0 Å². The monoisotopic (exact) mass is 449 g/mol. The van der Waals surface area contributed by atoms with Gasteiger partial charge in [0, 0.05) is 0 Å². The largest absolute Gasteiger partial charge is 0.658 e. The van der Waals surface area contributed by atoms with Crippen LogP contribution in [0.3, 0.4) is 0 Å². The number of rotatable bonds is 6. The van der Waals surface area contributed by atoms with Crippen LogP contribution in [0.5, 0.6) is 23.0 Å². The highest BCUT2D eigenvalue weighted by Crippen LogP contribution is 2.35. The lowest BCUT2D eigenvalue weighted by molar-refractivity contribution is 0.360. The van der Waals surface area contributed by atoms with E-state index < -0.39 is 11.6 Å². The molecule has 121 valence electrons. The summed E-state index contributed by atoms with van der Waals surface area (Å²) < 4.78 is 48.9. The number of halogens is 4. The van der Waals surface area contributed by atoms with Crippen LogP contribution in [-0.2, 0) is 0 Å². The van der Waals surface area contributed by atoms with Crippen molar-refractivity contribution >= 4 is 39.5 Å². The highest BCUT2D eigenvalue weighted by atomic mass is 79.9.